The van der Waals surface area contributed by atoms with Gasteiger partial charge in [0.15, 0.2) is 50.3 Å². The van der Waals surface area contributed by atoms with Gasteiger partial charge in [-0.1, -0.05) is 0 Å². The van der Waals surface area contributed by atoms with Crippen molar-refractivity contribution < 1.29 is 206 Å². The zero-order chi connectivity index (χ0) is 68.7. The Morgan fingerprint density at radius 2 is 0.383 bits per heavy atom. The van der Waals surface area contributed by atoms with Crippen LogP contribution in [-0.2, 0) is 85.9 Å². The lowest BCUT2D eigenvalue weighted by Crippen LogP contribution is -2.69. The van der Waals surface area contributed by atoms with Crippen LogP contribution in [0, 0.1) is 0 Å². The number of ether oxygens (including phenoxy) is 16. The van der Waals surface area contributed by atoms with Crippen LogP contribution < -0.4 is 0 Å². The van der Waals surface area contributed by atoms with Crippen molar-refractivity contribution in [3.05, 3.63) is 0 Å². The molecule has 42 nitrogen and oxygen atoms in total. The maximum absolute atomic E-state index is 11.7. The summed E-state index contributed by atoms with van der Waals surface area (Å²) < 4.78 is 125. The van der Waals surface area contributed by atoms with Crippen molar-refractivity contribution in [2.45, 2.75) is 246 Å². The van der Waals surface area contributed by atoms with Crippen LogP contribution >= 0.6 is 11.8 Å². The quantitative estimate of drug-likeness (QED) is 0.0637. The second kappa shape index (κ2) is 32.8. The van der Waals surface area contributed by atoms with Crippen LogP contribution in [0.1, 0.15) is 0 Å². The van der Waals surface area contributed by atoms with Crippen molar-refractivity contribution in [1.82, 2.24) is 0 Å². The number of hydrogen-bond acceptors (Lipinski definition) is 42. The molecule has 0 aromatic rings. The average Bonchev–Trinajstić information content (AvgIpc) is 0.794. The van der Waals surface area contributed by atoms with Crippen LogP contribution in [-0.4, -0.2) is 440 Å². The van der Waals surface area contributed by atoms with E-state index in [2.05, 4.69) is 0 Å². The van der Waals surface area contributed by atoms with E-state index in [9.17, 15) is 130 Å². The number of rotatable bonds is 12. The zero-order valence-electron chi connectivity index (χ0n) is 49.1. The van der Waals surface area contributed by atoms with Gasteiger partial charge < -0.3 is 193 Å². The second-order valence-electron chi connectivity index (χ2n) is 23.6. The summed E-state index contributed by atoms with van der Waals surface area (Å²) in [5, 5.41) is 257. The fourth-order valence-electron chi connectivity index (χ4n) is 12.3. The van der Waals surface area contributed by atoms with E-state index in [0.29, 0.717) is 0 Å². The topological polar surface area (TPSA) is 667 Å². The summed E-state index contributed by atoms with van der Waals surface area (Å²) >= 11 is 0.740. The van der Waals surface area contributed by atoms with Gasteiger partial charge in [-0.15, -0.1) is 0 Å². The van der Waals surface area contributed by atoms with E-state index in [-0.39, 0.29) is 5.75 Å². The minimum atomic E-state index is -4.56. The second-order valence-corrected chi connectivity index (χ2v) is 26.4. The summed E-state index contributed by atoms with van der Waals surface area (Å²) in [6.07, 6.45) is -83.0. The van der Waals surface area contributed by atoms with Gasteiger partial charge in [0.2, 0.25) is 0 Å². The molecule has 0 spiro atoms. The normalized spacial score (nSPS) is 52.8. The van der Waals surface area contributed by atoms with E-state index < -0.39 is 314 Å². The molecule has 548 valence electrons. The first-order chi connectivity index (χ1) is 44.5. The summed E-state index contributed by atoms with van der Waals surface area (Å²) in [6, 6.07) is 0. The Kier molecular flexibility index (Phi) is 26.8. The summed E-state index contributed by atoms with van der Waals surface area (Å²) in [7, 11) is -4.56. The first-order valence-corrected chi connectivity index (χ1v) is 32.5. The highest BCUT2D eigenvalue weighted by atomic mass is 32.2. The van der Waals surface area contributed by atoms with E-state index >= 15 is 0 Å². The first-order valence-electron chi connectivity index (χ1n) is 29.7. The lowest BCUT2D eigenvalue weighted by molar-refractivity contribution is -0.403. The maximum Gasteiger partial charge on any atom is 0.265 e. The van der Waals surface area contributed by atoms with E-state index in [1.807, 2.05) is 0 Å². The van der Waals surface area contributed by atoms with Crippen molar-refractivity contribution in [2.75, 3.05) is 63.5 Å². The molecule has 40 atom stereocenters. The number of hydrogen-bond donors (Lipinski definition) is 24. The lowest BCUT2D eigenvalue weighted by Gasteiger charge is -2.50. The number of aliphatic hydroxyl groups excluding tert-OH is 23. The smallest absolute Gasteiger partial charge is 0.265 e. The third-order valence-corrected chi connectivity index (χ3v) is 19.5. The third-order valence-electron chi connectivity index (χ3n) is 17.5. The molecule has 30 fully saturated rings. The van der Waals surface area contributed by atoms with E-state index in [4.69, 9.17) is 75.8 Å². The largest absolute Gasteiger partial charge is 0.394 e. The zero-order valence-corrected chi connectivity index (χ0v) is 50.7. The molecule has 0 aromatic carbocycles. The molecular weight excluding hydrogens is 1340 g/mol. The molecule has 30 rings (SSSR count). The predicted molar refractivity (Wildman–Crippen MR) is 288 cm³/mol. The third kappa shape index (κ3) is 16.1. The van der Waals surface area contributed by atoms with Gasteiger partial charge in [0.1, 0.15) is 189 Å². The average molecular weight is 1420 g/mol. The molecule has 0 aromatic heterocycles. The Morgan fingerprint density at radius 1 is 0.234 bits per heavy atom. The van der Waals surface area contributed by atoms with Crippen molar-refractivity contribution >= 4 is 21.9 Å². The molecule has 0 saturated carbocycles. The number of aliphatic hydroxyl groups is 23. The van der Waals surface area contributed by atoms with Crippen molar-refractivity contribution in [3.8, 4) is 0 Å². The molecule has 24 N–H and O–H groups in total. The van der Waals surface area contributed by atoms with Crippen LogP contribution in [0.4, 0.5) is 0 Å². The van der Waals surface area contributed by atoms with Crippen molar-refractivity contribution in [1.29, 1.82) is 0 Å². The van der Waals surface area contributed by atoms with Gasteiger partial charge >= 0.3 is 0 Å². The van der Waals surface area contributed by atoms with Gasteiger partial charge in [-0.3, -0.25) is 4.55 Å². The minimum absolute atomic E-state index is 0.360. The molecule has 30 saturated heterocycles. The first kappa shape index (κ1) is 76.9. The SMILES string of the molecule is O=S(=O)(O)CCSC[C@H]1O[C@@H]2O[C@H]3[C@H](O)[C@@H](O)[C@@H](O[C@H]4[C@H](O)[C@@H](O)[C@@H](O[C@H]5[C@H](O)[C@@H](O)[C@@H](O[C@H]6[C@H](O)[C@@H](O)[C@@H](O[C@H]7[C@H](O)[C@@H](O)[C@@H](O[C@H]8[C@H](O)[C@@H](O)[C@@H](O[C@H]9[C@H](O)[C@@H](O)[C@@H](O[C@H]1[C@H](O)[C@H]2O)O[C@@H]9CO)O[C@@H]8CO)O[C@@H]7CO)O[C@@H]6CO)O[C@@H]5CO)O[C@@H]4CO)O[C@@H]3CO. The van der Waals surface area contributed by atoms with Gasteiger partial charge in [0.05, 0.1) is 58.1 Å². The van der Waals surface area contributed by atoms with Gasteiger partial charge in [-0.05, 0) is 0 Å². The van der Waals surface area contributed by atoms with Crippen LogP contribution in [0.3, 0.4) is 0 Å². The van der Waals surface area contributed by atoms with Crippen molar-refractivity contribution in [3.63, 3.8) is 0 Å². The lowest BCUT2D eigenvalue weighted by atomic mass is 9.95. The van der Waals surface area contributed by atoms with Crippen LogP contribution in [0.25, 0.3) is 0 Å². The predicted octanol–water partition coefficient (Wildman–Crippen LogP) is -16.8. The summed E-state index contributed by atoms with van der Waals surface area (Å²) in [6.45, 7) is -7.73. The molecule has 44 heteroatoms. The Bertz CT molecular complexity index is 2440. The van der Waals surface area contributed by atoms with Crippen LogP contribution in [0.5, 0.6) is 0 Å². The highest BCUT2D eigenvalue weighted by Crippen LogP contribution is 2.40. The fraction of sp³-hybridized carbons (Fsp3) is 1.00. The molecule has 16 bridgehead atoms. The van der Waals surface area contributed by atoms with Gasteiger partial charge in [0.25, 0.3) is 10.1 Å². The Morgan fingerprint density at radius 3 is 0.532 bits per heavy atom. The molecular formula is C50H84O42S2. The Hall–Kier alpha value is -1.30. The van der Waals surface area contributed by atoms with Gasteiger partial charge in [-0.25, -0.2) is 0 Å². The molecule has 30 aliphatic heterocycles. The van der Waals surface area contributed by atoms with E-state index in [1.165, 1.54) is 0 Å². The van der Waals surface area contributed by atoms with Crippen LogP contribution in [0.2, 0.25) is 0 Å². The molecule has 30 heterocycles. The van der Waals surface area contributed by atoms with Gasteiger partial charge in [-0.2, -0.15) is 20.2 Å². The Balaban J connectivity index is 0.993. The van der Waals surface area contributed by atoms with Gasteiger partial charge in [0, 0.05) is 11.5 Å². The Labute approximate surface area is 535 Å². The molecule has 0 aliphatic carbocycles. The highest BCUT2D eigenvalue weighted by Gasteiger charge is 2.60. The summed E-state index contributed by atoms with van der Waals surface area (Å²) in [5.41, 5.74) is 0. The fourth-order valence-corrected chi connectivity index (χ4v) is 14.2. The molecule has 0 amide bonds. The monoisotopic (exact) mass is 1420 g/mol. The van der Waals surface area contributed by atoms with E-state index in [1.54, 1.807) is 0 Å². The van der Waals surface area contributed by atoms with Crippen molar-refractivity contribution in [2.24, 2.45) is 0 Å². The highest BCUT2D eigenvalue weighted by molar-refractivity contribution is 8.00. The molecule has 30 aliphatic rings. The standard InChI is InChI=1S/C50H84O42S2/c51-3-11-35-19(58)27(66)43(77-11)86-36-12(4-52)79-45(29(68)21(36)60)88-38-14(6-54)81-47(31(70)23(38)62)90-40-16(8-56)83-49(33(72)25(40)64)92-42-18(10-93-1-2-94(74,75)76)84-50(34(73)26(42)65)91-41-17(9-57)82-48(32(71)24(41)63)89-39-15(7-55)80-46(30(69)22(39)61)87-37-13(5-53)78-44(85-35)28(67)20(37)59/h11-73H,1-10H2,(H,74,75,76)/t11-,12-,13-,14-,15-,16-,17-,18-,19-,20-,21-,22-,23-,24-,25-,26-,27-,28-,29-,30-,31-,32-,33-,34-,35-,36-,37-,38-,39-,40-,41-,42-,43-,44-,45-,46-,47-,48-,49-,50-/m1/s1. The summed E-state index contributed by atoms with van der Waals surface area (Å²) in [5.74, 6) is -1.64. The van der Waals surface area contributed by atoms with E-state index in [0.717, 1.165) is 11.8 Å². The summed E-state index contributed by atoms with van der Waals surface area (Å²) in [4.78, 5) is 0. The minimum Gasteiger partial charge on any atom is -0.394 e. The molecule has 0 radical (unpaired) electrons. The molecule has 94 heavy (non-hydrogen) atoms. The van der Waals surface area contributed by atoms with Crippen LogP contribution in [0.15, 0.2) is 0 Å². The molecule has 0 unspecified atom stereocenters. The number of thioether (sulfide) groups is 1. The maximum atomic E-state index is 11.7.